The second-order valence-electron chi connectivity index (χ2n) is 5.23. The Kier molecular flexibility index (Phi) is 5.16. The summed E-state index contributed by atoms with van der Waals surface area (Å²) >= 11 is 11.7. The number of hydrogen-bond acceptors (Lipinski definition) is 4. The molecule has 1 amide bonds. The van der Waals surface area contributed by atoms with Crippen molar-refractivity contribution in [2.75, 3.05) is 5.32 Å². The first-order valence-corrected chi connectivity index (χ1v) is 8.12. The number of aryl methyl sites for hydroxylation is 1. The molecule has 1 N–H and O–H groups in total. The summed E-state index contributed by atoms with van der Waals surface area (Å²) in [6.45, 7) is 1.77. The molecule has 0 bridgehead atoms. The van der Waals surface area contributed by atoms with Crippen LogP contribution in [-0.4, -0.2) is 16.8 Å². The van der Waals surface area contributed by atoms with Crippen LogP contribution in [0.15, 0.2) is 64.1 Å². The molecular formula is C18H13Cl2N3O2. The Labute approximate surface area is 154 Å². The molecule has 1 heterocycles. The van der Waals surface area contributed by atoms with Crippen LogP contribution in [0.25, 0.3) is 0 Å². The molecule has 25 heavy (non-hydrogen) atoms. The third-order valence-corrected chi connectivity index (χ3v) is 3.75. The van der Waals surface area contributed by atoms with E-state index in [1.165, 1.54) is 0 Å². The van der Waals surface area contributed by atoms with Gasteiger partial charge in [-0.25, -0.2) is 4.99 Å². The number of amides is 1. The Bertz CT molecular complexity index is 916. The predicted octanol–water partition coefficient (Wildman–Crippen LogP) is 5.05. The van der Waals surface area contributed by atoms with Crippen molar-refractivity contribution in [3.05, 3.63) is 76.1 Å². The van der Waals surface area contributed by atoms with Crippen molar-refractivity contribution in [2.24, 2.45) is 4.99 Å². The molecule has 0 aliphatic rings. The Balaban J connectivity index is 1.94. The number of hydrogen-bond donors (Lipinski definition) is 1. The van der Waals surface area contributed by atoms with Gasteiger partial charge in [0.1, 0.15) is 0 Å². The Morgan fingerprint density at radius 3 is 2.20 bits per heavy atom. The molecule has 126 valence electrons. The van der Waals surface area contributed by atoms with E-state index in [1.807, 2.05) is 0 Å². The molecule has 0 saturated carbocycles. The van der Waals surface area contributed by atoms with Crippen molar-refractivity contribution < 1.29 is 9.32 Å². The van der Waals surface area contributed by atoms with Crippen molar-refractivity contribution in [3.63, 3.8) is 0 Å². The van der Waals surface area contributed by atoms with Gasteiger partial charge in [0.05, 0.1) is 11.4 Å². The van der Waals surface area contributed by atoms with Crippen molar-refractivity contribution in [2.45, 2.75) is 6.92 Å². The number of rotatable bonds is 4. The first kappa shape index (κ1) is 17.2. The maximum atomic E-state index is 12.7. The summed E-state index contributed by atoms with van der Waals surface area (Å²) in [6, 6.07) is 15.2. The quantitative estimate of drug-likeness (QED) is 0.650. The fourth-order valence-corrected chi connectivity index (χ4v) is 2.31. The van der Waals surface area contributed by atoms with E-state index in [1.54, 1.807) is 61.5 Å². The van der Waals surface area contributed by atoms with Crippen molar-refractivity contribution >= 4 is 46.2 Å². The van der Waals surface area contributed by atoms with Gasteiger partial charge < -0.3 is 9.84 Å². The second kappa shape index (κ2) is 7.51. The first-order valence-electron chi connectivity index (χ1n) is 7.36. The van der Waals surface area contributed by atoms with E-state index in [-0.39, 0.29) is 11.5 Å². The van der Waals surface area contributed by atoms with Crippen LogP contribution in [0, 0.1) is 6.92 Å². The van der Waals surface area contributed by atoms with Gasteiger partial charge in [0.25, 0.3) is 5.91 Å². The number of aromatic nitrogens is 1. The first-order chi connectivity index (χ1) is 12.0. The van der Waals surface area contributed by atoms with E-state index in [0.717, 1.165) is 0 Å². The molecule has 0 spiro atoms. The number of carbonyl (C=O) groups is 1. The van der Waals surface area contributed by atoms with Crippen molar-refractivity contribution in [3.8, 4) is 0 Å². The topological polar surface area (TPSA) is 67.5 Å². The van der Waals surface area contributed by atoms with Gasteiger partial charge in [-0.15, -0.1) is 0 Å². The minimum Gasteiger partial charge on any atom is -0.354 e. The molecule has 2 aromatic carbocycles. The molecule has 0 aliphatic heterocycles. The highest BCUT2D eigenvalue weighted by Gasteiger charge is 2.19. The van der Waals surface area contributed by atoms with Crippen LogP contribution in [-0.2, 0) is 4.79 Å². The highest BCUT2D eigenvalue weighted by Crippen LogP contribution is 2.19. The molecular weight excluding hydrogens is 361 g/mol. The molecule has 3 rings (SSSR count). The predicted molar refractivity (Wildman–Crippen MR) is 99.0 cm³/mol. The Morgan fingerprint density at radius 2 is 1.64 bits per heavy atom. The third-order valence-electron chi connectivity index (χ3n) is 3.25. The standard InChI is InChI=1S/C18H13Cl2N3O2/c1-11-10-16(25-23-11)17(21-14-6-2-12(19)3-7-14)18(24)22-15-8-4-13(20)5-9-15/h2-10H,1H3,(H,22,24). The van der Waals surface area contributed by atoms with E-state index in [2.05, 4.69) is 15.5 Å². The molecule has 0 unspecified atom stereocenters. The molecule has 7 heteroatoms. The van der Waals surface area contributed by atoms with Crippen LogP contribution in [0.3, 0.4) is 0 Å². The molecule has 3 aromatic rings. The van der Waals surface area contributed by atoms with E-state index in [9.17, 15) is 4.79 Å². The Hall–Kier alpha value is -2.63. The summed E-state index contributed by atoms with van der Waals surface area (Å²) in [5.41, 5.74) is 1.92. The lowest BCUT2D eigenvalue weighted by Gasteiger charge is -2.06. The minimum absolute atomic E-state index is 0.109. The number of aliphatic imine (C=N–C) groups is 1. The van der Waals surface area contributed by atoms with Crippen molar-refractivity contribution in [1.29, 1.82) is 0 Å². The van der Waals surface area contributed by atoms with Gasteiger partial charge in [-0.3, -0.25) is 4.79 Å². The molecule has 0 aliphatic carbocycles. The van der Waals surface area contributed by atoms with E-state index in [4.69, 9.17) is 27.7 Å². The van der Waals surface area contributed by atoms with Gasteiger partial charge >= 0.3 is 0 Å². The van der Waals surface area contributed by atoms with Crippen LogP contribution < -0.4 is 5.32 Å². The summed E-state index contributed by atoms with van der Waals surface area (Å²) < 4.78 is 5.21. The van der Waals surface area contributed by atoms with Gasteiger partial charge in [0, 0.05) is 21.8 Å². The highest BCUT2D eigenvalue weighted by molar-refractivity contribution is 6.48. The fourth-order valence-electron chi connectivity index (χ4n) is 2.06. The lowest BCUT2D eigenvalue weighted by Crippen LogP contribution is -2.23. The maximum absolute atomic E-state index is 12.7. The van der Waals surface area contributed by atoms with Gasteiger partial charge in [-0.1, -0.05) is 28.4 Å². The number of carbonyl (C=O) groups excluding carboxylic acids is 1. The van der Waals surface area contributed by atoms with E-state index in [0.29, 0.717) is 27.1 Å². The molecule has 0 atom stereocenters. The monoisotopic (exact) mass is 373 g/mol. The lowest BCUT2D eigenvalue weighted by atomic mass is 10.2. The van der Waals surface area contributed by atoms with Crippen LogP contribution >= 0.6 is 23.2 Å². The highest BCUT2D eigenvalue weighted by atomic mass is 35.5. The minimum atomic E-state index is -0.423. The fraction of sp³-hybridized carbons (Fsp3) is 0.0556. The van der Waals surface area contributed by atoms with Gasteiger partial charge in [-0.05, 0) is 55.5 Å². The number of nitrogens with one attached hydrogen (secondary N) is 1. The zero-order valence-electron chi connectivity index (χ0n) is 13.2. The lowest BCUT2D eigenvalue weighted by molar-refractivity contribution is -0.110. The van der Waals surface area contributed by atoms with Gasteiger partial charge in [0.15, 0.2) is 11.5 Å². The number of halogens is 2. The average molecular weight is 374 g/mol. The van der Waals surface area contributed by atoms with Crippen LogP contribution in [0.4, 0.5) is 11.4 Å². The number of nitrogens with zero attached hydrogens (tertiary/aromatic N) is 2. The summed E-state index contributed by atoms with van der Waals surface area (Å²) in [7, 11) is 0. The van der Waals surface area contributed by atoms with E-state index >= 15 is 0 Å². The summed E-state index contributed by atoms with van der Waals surface area (Å²) in [5.74, 6) is -0.146. The smallest absolute Gasteiger partial charge is 0.278 e. The summed E-state index contributed by atoms with van der Waals surface area (Å²) in [5, 5.41) is 7.75. The number of benzene rings is 2. The zero-order valence-corrected chi connectivity index (χ0v) is 14.7. The normalized spacial score (nSPS) is 11.4. The Morgan fingerprint density at radius 1 is 1.04 bits per heavy atom. The molecule has 5 nitrogen and oxygen atoms in total. The zero-order chi connectivity index (χ0) is 17.8. The molecule has 0 saturated heterocycles. The van der Waals surface area contributed by atoms with E-state index < -0.39 is 5.91 Å². The maximum Gasteiger partial charge on any atom is 0.278 e. The number of anilines is 1. The van der Waals surface area contributed by atoms with Gasteiger partial charge in [-0.2, -0.15) is 0 Å². The SMILES string of the molecule is Cc1cc(C(=Nc2ccc(Cl)cc2)C(=O)Nc2ccc(Cl)cc2)on1. The van der Waals surface area contributed by atoms with Crippen LogP contribution in [0.2, 0.25) is 10.0 Å². The van der Waals surface area contributed by atoms with Gasteiger partial charge in [0.2, 0.25) is 0 Å². The molecule has 1 aromatic heterocycles. The van der Waals surface area contributed by atoms with Crippen LogP contribution in [0.1, 0.15) is 11.5 Å². The molecule has 0 radical (unpaired) electrons. The second-order valence-corrected chi connectivity index (χ2v) is 6.10. The van der Waals surface area contributed by atoms with Crippen molar-refractivity contribution in [1.82, 2.24) is 5.16 Å². The largest absolute Gasteiger partial charge is 0.354 e. The summed E-state index contributed by atoms with van der Waals surface area (Å²) in [4.78, 5) is 17.1. The summed E-state index contributed by atoms with van der Waals surface area (Å²) in [6.07, 6.45) is 0. The van der Waals surface area contributed by atoms with Crippen LogP contribution in [0.5, 0.6) is 0 Å². The third kappa shape index (κ3) is 4.47. The average Bonchev–Trinajstić information content (AvgIpc) is 3.02. The molecule has 0 fully saturated rings.